The number of ether oxygens (including phenoxy) is 1. The second-order valence-corrected chi connectivity index (χ2v) is 7.07. The smallest absolute Gasteiger partial charge is 0.270 e. The first-order valence-corrected chi connectivity index (χ1v) is 9.58. The minimum atomic E-state index is -0.804. The topological polar surface area (TPSA) is 55.6 Å². The minimum Gasteiger partial charge on any atom is -0.485 e. The van der Waals surface area contributed by atoms with E-state index >= 15 is 0 Å². The first kappa shape index (κ1) is 21.7. The van der Waals surface area contributed by atoms with E-state index in [1.54, 1.807) is 6.92 Å². The summed E-state index contributed by atoms with van der Waals surface area (Å²) in [6, 6.07) is 4.94. The van der Waals surface area contributed by atoms with Crippen LogP contribution in [-0.4, -0.2) is 21.8 Å². The summed E-state index contributed by atoms with van der Waals surface area (Å²) in [5.41, 5.74) is 0.955. The maximum absolute atomic E-state index is 13.9. The summed E-state index contributed by atoms with van der Waals surface area (Å²) in [5.74, 6) is -0.596. The lowest BCUT2D eigenvalue weighted by Gasteiger charge is -2.12. The molecule has 2 aromatic heterocycles. The Labute approximate surface area is 172 Å². The first-order valence-electron chi connectivity index (χ1n) is 9.58. The number of aryl methyl sites for hydroxylation is 1. The van der Waals surface area contributed by atoms with Crippen LogP contribution in [0, 0.1) is 24.5 Å². The van der Waals surface area contributed by atoms with E-state index in [1.165, 1.54) is 22.7 Å². The number of amides is 1. The number of aromatic nitrogens is 2. The van der Waals surface area contributed by atoms with Gasteiger partial charge < -0.3 is 10.1 Å². The maximum atomic E-state index is 13.9. The van der Waals surface area contributed by atoms with Crippen molar-refractivity contribution in [1.82, 2.24) is 14.7 Å². The number of imidazole rings is 1. The normalized spacial score (nSPS) is 11.3. The van der Waals surface area contributed by atoms with E-state index in [-0.39, 0.29) is 34.1 Å². The van der Waals surface area contributed by atoms with Gasteiger partial charge in [0.05, 0.1) is 11.3 Å². The standard InChI is InChI=1S/C22H23F3N3O2/c1-4-13(2)10-26-22(29)20-14(3)27-21-19(8-15(9-23)11-28(20)21)30-12-16-17(24)6-5-7-18(16)25/h5-8,11H,4,9-10,12H2,1-3H3,(H,26,29). The summed E-state index contributed by atoms with van der Waals surface area (Å²) in [5, 5.41) is 2.83. The quantitative estimate of drug-likeness (QED) is 0.577. The van der Waals surface area contributed by atoms with Crippen molar-refractivity contribution in [3.63, 3.8) is 0 Å². The van der Waals surface area contributed by atoms with Gasteiger partial charge in [0, 0.05) is 18.3 Å². The largest absolute Gasteiger partial charge is 0.485 e. The van der Waals surface area contributed by atoms with Crippen LogP contribution in [0.3, 0.4) is 0 Å². The molecule has 0 fully saturated rings. The van der Waals surface area contributed by atoms with Crippen molar-refractivity contribution in [2.24, 2.45) is 0 Å². The van der Waals surface area contributed by atoms with Crippen LogP contribution in [0.1, 0.15) is 47.6 Å². The van der Waals surface area contributed by atoms with Crippen LogP contribution >= 0.6 is 0 Å². The van der Waals surface area contributed by atoms with E-state index in [0.717, 1.165) is 24.5 Å². The molecule has 1 radical (unpaired) electrons. The minimum absolute atomic E-state index is 0.131. The Morgan fingerprint density at radius 2 is 1.97 bits per heavy atom. The van der Waals surface area contributed by atoms with Crippen molar-refractivity contribution in [2.75, 3.05) is 6.54 Å². The molecule has 1 aromatic carbocycles. The van der Waals surface area contributed by atoms with Crippen molar-refractivity contribution in [2.45, 2.75) is 40.5 Å². The Bertz CT molecular complexity index is 1050. The van der Waals surface area contributed by atoms with Crippen LogP contribution in [-0.2, 0) is 13.3 Å². The molecular weight excluding hydrogens is 395 g/mol. The number of fused-ring (bicyclic) bond motifs is 1. The molecule has 0 atom stereocenters. The molecule has 5 nitrogen and oxygen atoms in total. The Balaban J connectivity index is 1.97. The number of nitrogens with one attached hydrogen (secondary N) is 1. The molecule has 0 aliphatic heterocycles. The highest BCUT2D eigenvalue weighted by Crippen LogP contribution is 2.26. The van der Waals surface area contributed by atoms with E-state index in [9.17, 15) is 18.0 Å². The number of nitrogens with zero attached hydrogens (tertiary/aromatic N) is 2. The highest BCUT2D eigenvalue weighted by molar-refractivity contribution is 5.95. The van der Waals surface area contributed by atoms with E-state index < -0.39 is 24.9 Å². The summed E-state index contributed by atoms with van der Waals surface area (Å²) >= 11 is 0. The van der Waals surface area contributed by atoms with Gasteiger partial charge >= 0.3 is 0 Å². The molecule has 1 N–H and O–H groups in total. The van der Waals surface area contributed by atoms with Gasteiger partial charge in [-0.1, -0.05) is 19.9 Å². The summed E-state index contributed by atoms with van der Waals surface area (Å²) in [7, 11) is 0. The molecule has 3 aromatic rings. The lowest BCUT2D eigenvalue weighted by Crippen LogP contribution is -2.29. The van der Waals surface area contributed by atoms with Gasteiger partial charge in [-0.15, -0.1) is 0 Å². The van der Waals surface area contributed by atoms with Crippen LogP contribution in [0.2, 0.25) is 0 Å². The molecule has 30 heavy (non-hydrogen) atoms. The Morgan fingerprint density at radius 3 is 2.60 bits per heavy atom. The summed E-state index contributed by atoms with van der Waals surface area (Å²) in [6.07, 6.45) is 2.31. The Morgan fingerprint density at radius 1 is 1.27 bits per heavy atom. The van der Waals surface area contributed by atoms with Gasteiger partial charge in [-0.3, -0.25) is 9.20 Å². The van der Waals surface area contributed by atoms with Crippen LogP contribution in [0.15, 0.2) is 30.5 Å². The van der Waals surface area contributed by atoms with E-state index in [4.69, 9.17) is 4.74 Å². The number of hydrogen-bond donors (Lipinski definition) is 1. The number of rotatable bonds is 8. The average Bonchev–Trinajstić information content (AvgIpc) is 3.06. The summed E-state index contributed by atoms with van der Waals surface area (Å²) < 4.78 is 48.3. The molecule has 8 heteroatoms. The summed E-state index contributed by atoms with van der Waals surface area (Å²) in [6.45, 7) is 4.81. The van der Waals surface area contributed by atoms with Gasteiger partial charge in [0.2, 0.25) is 0 Å². The Hall–Kier alpha value is -3.03. The highest BCUT2D eigenvalue weighted by atomic mass is 19.1. The SMILES string of the molecule is CC[C](C)CNC(=O)c1c(C)nc2c(OCc3c(F)cccc3F)cc(CF)cn12. The van der Waals surface area contributed by atoms with E-state index in [0.29, 0.717) is 12.2 Å². The fourth-order valence-corrected chi connectivity index (χ4v) is 2.99. The number of carbonyl (C=O) groups is 1. The average molecular weight is 418 g/mol. The predicted molar refractivity (Wildman–Crippen MR) is 107 cm³/mol. The molecule has 1 amide bonds. The fourth-order valence-electron chi connectivity index (χ4n) is 2.99. The van der Waals surface area contributed by atoms with Crippen LogP contribution in [0.5, 0.6) is 5.75 Å². The van der Waals surface area contributed by atoms with Crippen molar-refractivity contribution in [3.05, 3.63) is 70.5 Å². The first-order chi connectivity index (χ1) is 14.3. The van der Waals surface area contributed by atoms with Crippen molar-refractivity contribution < 1.29 is 22.7 Å². The molecular formula is C22H23F3N3O2. The predicted octanol–water partition coefficient (Wildman–Crippen LogP) is 4.70. The van der Waals surface area contributed by atoms with Crippen molar-refractivity contribution >= 4 is 11.6 Å². The number of hydrogen-bond acceptors (Lipinski definition) is 3. The van der Waals surface area contributed by atoms with Crippen LogP contribution < -0.4 is 10.1 Å². The van der Waals surface area contributed by atoms with Crippen LogP contribution in [0.25, 0.3) is 5.65 Å². The molecule has 0 spiro atoms. The molecule has 2 heterocycles. The van der Waals surface area contributed by atoms with Gasteiger partial charge in [-0.25, -0.2) is 18.2 Å². The third-order valence-corrected chi connectivity index (χ3v) is 4.87. The number of benzene rings is 1. The molecule has 3 rings (SSSR count). The third kappa shape index (κ3) is 4.42. The zero-order valence-electron chi connectivity index (χ0n) is 17.1. The fraction of sp³-hybridized carbons (Fsp3) is 0.318. The second-order valence-electron chi connectivity index (χ2n) is 7.07. The van der Waals surface area contributed by atoms with Gasteiger partial charge in [-0.05, 0) is 37.5 Å². The number of halogens is 3. The summed E-state index contributed by atoms with van der Waals surface area (Å²) in [4.78, 5) is 17.1. The number of alkyl halides is 1. The van der Waals surface area contributed by atoms with Crippen molar-refractivity contribution in [3.8, 4) is 5.75 Å². The van der Waals surface area contributed by atoms with E-state index in [1.807, 2.05) is 13.8 Å². The molecule has 0 saturated heterocycles. The molecule has 0 saturated carbocycles. The number of carbonyl (C=O) groups excluding carboxylic acids is 1. The zero-order chi connectivity index (χ0) is 21.8. The molecule has 0 unspecified atom stereocenters. The Kier molecular flexibility index (Phi) is 6.64. The van der Waals surface area contributed by atoms with Gasteiger partial charge in [0.15, 0.2) is 11.4 Å². The third-order valence-electron chi connectivity index (χ3n) is 4.87. The second kappa shape index (κ2) is 9.19. The van der Waals surface area contributed by atoms with Gasteiger partial charge in [-0.2, -0.15) is 0 Å². The van der Waals surface area contributed by atoms with Crippen molar-refractivity contribution in [1.29, 1.82) is 0 Å². The lowest BCUT2D eigenvalue weighted by molar-refractivity contribution is 0.0948. The molecule has 0 aliphatic carbocycles. The van der Waals surface area contributed by atoms with E-state index in [2.05, 4.69) is 10.3 Å². The van der Waals surface area contributed by atoms with Gasteiger partial charge in [0.25, 0.3) is 5.91 Å². The molecule has 159 valence electrons. The maximum Gasteiger partial charge on any atom is 0.270 e. The zero-order valence-corrected chi connectivity index (χ0v) is 17.1. The van der Waals surface area contributed by atoms with Gasteiger partial charge in [0.1, 0.15) is 30.6 Å². The van der Waals surface area contributed by atoms with Crippen LogP contribution in [0.4, 0.5) is 13.2 Å². The monoisotopic (exact) mass is 418 g/mol. The molecule has 0 bridgehead atoms. The molecule has 0 aliphatic rings. The lowest BCUT2D eigenvalue weighted by atomic mass is 10.1. The number of pyridine rings is 1. The highest BCUT2D eigenvalue weighted by Gasteiger charge is 2.21.